The number of carbonyl (C=O) groups excluding carboxylic acids is 1. The molecule has 0 radical (unpaired) electrons. The van der Waals surface area contributed by atoms with E-state index in [4.69, 9.17) is 0 Å². The lowest BCUT2D eigenvalue weighted by molar-refractivity contribution is 0.0956. The minimum Gasteiger partial charge on any atom is -0.370 e. The Balaban J connectivity index is 2.66. The molecule has 0 aromatic carbocycles. The molecule has 0 fully saturated rings. The van der Waals surface area contributed by atoms with Crippen LogP contribution < -0.4 is 10.6 Å². The maximum absolute atomic E-state index is 11.8. The number of sulfone groups is 1. The van der Waals surface area contributed by atoms with Gasteiger partial charge in [0.05, 0.1) is 11.3 Å². The van der Waals surface area contributed by atoms with Crippen LogP contribution in [-0.2, 0) is 9.84 Å². The van der Waals surface area contributed by atoms with E-state index in [1.54, 1.807) is 18.3 Å². The standard InChI is InChI=1S/C11H17N3O3S/c1-3-12-10-9(5-4-6-13-10)11(15)14-7-8-18(2,16)17/h4-6H,3,7-8H2,1-2H3,(H,12,13)(H,14,15). The van der Waals surface area contributed by atoms with E-state index in [1.165, 1.54) is 0 Å². The van der Waals surface area contributed by atoms with Crippen LogP contribution in [0.4, 0.5) is 5.82 Å². The van der Waals surface area contributed by atoms with Crippen LogP contribution in [0.15, 0.2) is 18.3 Å². The lowest BCUT2D eigenvalue weighted by Crippen LogP contribution is -2.29. The molecule has 6 nitrogen and oxygen atoms in total. The number of hydrogen-bond donors (Lipinski definition) is 2. The molecular formula is C11H17N3O3S. The summed E-state index contributed by atoms with van der Waals surface area (Å²) in [7, 11) is -3.07. The molecule has 1 rings (SSSR count). The van der Waals surface area contributed by atoms with Crippen LogP contribution in [-0.4, -0.2) is 44.4 Å². The van der Waals surface area contributed by atoms with Gasteiger partial charge in [-0.3, -0.25) is 4.79 Å². The van der Waals surface area contributed by atoms with E-state index in [1.807, 2.05) is 6.92 Å². The van der Waals surface area contributed by atoms with Gasteiger partial charge in [0.25, 0.3) is 5.91 Å². The Morgan fingerprint density at radius 3 is 2.78 bits per heavy atom. The molecule has 0 unspecified atom stereocenters. The van der Waals surface area contributed by atoms with Gasteiger partial charge in [-0.1, -0.05) is 0 Å². The van der Waals surface area contributed by atoms with Gasteiger partial charge in [0.2, 0.25) is 0 Å². The van der Waals surface area contributed by atoms with Crippen LogP contribution >= 0.6 is 0 Å². The number of anilines is 1. The molecule has 1 aromatic rings. The topological polar surface area (TPSA) is 88.2 Å². The monoisotopic (exact) mass is 271 g/mol. The predicted octanol–water partition coefficient (Wildman–Crippen LogP) is 0.288. The number of rotatable bonds is 6. The van der Waals surface area contributed by atoms with Gasteiger partial charge in [0, 0.05) is 25.5 Å². The van der Waals surface area contributed by atoms with Crippen LogP contribution in [0, 0.1) is 0 Å². The Morgan fingerprint density at radius 1 is 1.44 bits per heavy atom. The number of hydrogen-bond acceptors (Lipinski definition) is 5. The molecule has 1 amide bonds. The highest BCUT2D eigenvalue weighted by Crippen LogP contribution is 2.10. The highest BCUT2D eigenvalue weighted by molar-refractivity contribution is 7.90. The first-order valence-corrected chi connectivity index (χ1v) is 7.65. The Kier molecular flexibility index (Phi) is 5.08. The summed E-state index contributed by atoms with van der Waals surface area (Å²) < 4.78 is 21.9. The zero-order chi connectivity index (χ0) is 13.6. The summed E-state index contributed by atoms with van der Waals surface area (Å²) >= 11 is 0. The molecule has 0 spiro atoms. The van der Waals surface area contributed by atoms with Crippen molar-refractivity contribution in [2.24, 2.45) is 0 Å². The second-order valence-corrected chi connectivity index (χ2v) is 6.08. The highest BCUT2D eigenvalue weighted by atomic mass is 32.2. The molecule has 0 atom stereocenters. The fraction of sp³-hybridized carbons (Fsp3) is 0.455. The molecule has 0 saturated carbocycles. The molecule has 0 aliphatic heterocycles. The third kappa shape index (κ3) is 4.70. The van der Waals surface area contributed by atoms with E-state index in [-0.39, 0.29) is 18.2 Å². The molecule has 0 aliphatic rings. The zero-order valence-electron chi connectivity index (χ0n) is 10.4. The molecule has 18 heavy (non-hydrogen) atoms. The van der Waals surface area contributed by atoms with Crippen molar-refractivity contribution in [1.82, 2.24) is 10.3 Å². The Hall–Kier alpha value is -1.63. The van der Waals surface area contributed by atoms with Crippen LogP contribution in [0.2, 0.25) is 0 Å². The second kappa shape index (κ2) is 6.34. The molecule has 7 heteroatoms. The van der Waals surface area contributed by atoms with E-state index in [0.717, 1.165) is 6.26 Å². The fourth-order valence-electron chi connectivity index (χ4n) is 1.34. The summed E-state index contributed by atoms with van der Waals surface area (Å²) in [5, 5.41) is 5.53. The smallest absolute Gasteiger partial charge is 0.255 e. The molecule has 0 saturated heterocycles. The largest absolute Gasteiger partial charge is 0.370 e. The predicted molar refractivity (Wildman–Crippen MR) is 70.4 cm³/mol. The van der Waals surface area contributed by atoms with Gasteiger partial charge in [-0.25, -0.2) is 13.4 Å². The van der Waals surface area contributed by atoms with E-state index < -0.39 is 9.84 Å². The summed E-state index contributed by atoms with van der Waals surface area (Å²) in [5.74, 6) is 0.0924. The van der Waals surface area contributed by atoms with Gasteiger partial charge in [0.1, 0.15) is 15.7 Å². The SMILES string of the molecule is CCNc1ncccc1C(=O)NCCS(C)(=O)=O. The van der Waals surface area contributed by atoms with Crippen molar-refractivity contribution in [1.29, 1.82) is 0 Å². The van der Waals surface area contributed by atoms with Crippen molar-refractivity contribution in [3.05, 3.63) is 23.9 Å². The van der Waals surface area contributed by atoms with Crippen LogP contribution in [0.3, 0.4) is 0 Å². The summed E-state index contributed by atoms with van der Waals surface area (Å²) in [6.07, 6.45) is 2.72. The molecule has 2 N–H and O–H groups in total. The van der Waals surface area contributed by atoms with E-state index in [2.05, 4.69) is 15.6 Å². The van der Waals surface area contributed by atoms with E-state index in [9.17, 15) is 13.2 Å². The number of nitrogens with zero attached hydrogens (tertiary/aromatic N) is 1. The molecule has 100 valence electrons. The van der Waals surface area contributed by atoms with Crippen LogP contribution in [0.25, 0.3) is 0 Å². The summed E-state index contributed by atoms with van der Waals surface area (Å²) in [5.41, 5.74) is 0.410. The van der Waals surface area contributed by atoms with Gasteiger partial charge in [-0.15, -0.1) is 0 Å². The van der Waals surface area contributed by atoms with E-state index >= 15 is 0 Å². The average molecular weight is 271 g/mol. The third-order valence-electron chi connectivity index (χ3n) is 2.15. The Labute approximate surface area is 107 Å². The number of amides is 1. The first-order valence-electron chi connectivity index (χ1n) is 5.59. The fourth-order valence-corrected chi connectivity index (χ4v) is 1.81. The maximum Gasteiger partial charge on any atom is 0.255 e. The van der Waals surface area contributed by atoms with Gasteiger partial charge in [-0.05, 0) is 19.1 Å². The van der Waals surface area contributed by atoms with Crippen molar-refractivity contribution in [3.63, 3.8) is 0 Å². The van der Waals surface area contributed by atoms with Crippen molar-refractivity contribution >= 4 is 21.6 Å². The summed E-state index contributed by atoms with van der Waals surface area (Å²) in [6, 6.07) is 3.30. The van der Waals surface area contributed by atoms with Crippen molar-refractivity contribution in [2.45, 2.75) is 6.92 Å². The van der Waals surface area contributed by atoms with Gasteiger partial charge < -0.3 is 10.6 Å². The first kappa shape index (κ1) is 14.4. The zero-order valence-corrected chi connectivity index (χ0v) is 11.3. The Bertz CT molecular complexity index is 514. The van der Waals surface area contributed by atoms with Crippen LogP contribution in [0.5, 0.6) is 0 Å². The first-order chi connectivity index (χ1) is 8.44. The molecular weight excluding hydrogens is 254 g/mol. The van der Waals surface area contributed by atoms with Crippen molar-refractivity contribution in [3.8, 4) is 0 Å². The summed E-state index contributed by atoms with van der Waals surface area (Å²) in [6.45, 7) is 2.65. The number of carbonyl (C=O) groups is 1. The average Bonchev–Trinajstić information content (AvgIpc) is 2.28. The minimum atomic E-state index is -3.07. The third-order valence-corrected chi connectivity index (χ3v) is 3.10. The normalized spacial score (nSPS) is 11.0. The molecule has 0 aliphatic carbocycles. The molecule has 1 aromatic heterocycles. The summed E-state index contributed by atoms with van der Waals surface area (Å²) in [4.78, 5) is 15.9. The number of pyridine rings is 1. The minimum absolute atomic E-state index is 0.0739. The van der Waals surface area contributed by atoms with Crippen LogP contribution in [0.1, 0.15) is 17.3 Å². The van der Waals surface area contributed by atoms with Crippen molar-refractivity contribution in [2.75, 3.05) is 30.4 Å². The number of aromatic nitrogens is 1. The van der Waals surface area contributed by atoms with E-state index in [0.29, 0.717) is 17.9 Å². The highest BCUT2D eigenvalue weighted by Gasteiger charge is 2.11. The van der Waals surface area contributed by atoms with Crippen molar-refractivity contribution < 1.29 is 13.2 Å². The second-order valence-electron chi connectivity index (χ2n) is 3.82. The lowest BCUT2D eigenvalue weighted by atomic mass is 10.2. The van der Waals surface area contributed by atoms with Gasteiger partial charge >= 0.3 is 0 Å². The maximum atomic E-state index is 11.8. The lowest BCUT2D eigenvalue weighted by Gasteiger charge is -2.09. The van der Waals surface area contributed by atoms with Gasteiger partial charge in [-0.2, -0.15) is 0 Å². The molecule has 1 heterocycles. The Morgan fingerprint density at radius 2 is 2.17 bits per heavy atom. The quantitative estimate of drug-likeness (QED) is 0.776. The number of nitrogens with one attached hydrogen (secondary N) is 2. The van der Waals surface area contributed by atoms with Gasteiger partial charge in [0.15, 0.2) is 0 Å². The molecule has 0 bridgehead atoms.